The van der Waals surface area contributed by atoms with Gasteiger partial charge in [0.2, 0.25) is 0 Å². The van der Waals surface area contributed by atoms with E-state index in [2.05, 4.69) is 31.9 Å². The molecule has 1 rings (SSSR count). The Kier molecular flexibility index (Phi) is 27.1. The molecule has 0 spiro atoms. The predicted molar refractivity (Wildman–Crippen MR) is 272 cm³/mol. The van der Waals surface area contributed by atoms with Crippen LogP contribution >= 0.6 is 0 Å². The van der Waals surface area contributed by atoms with Gasteiger partial charge in [0.25, 0.3) is 35.4 Å². The van der Waals surface area contributed by atoms with Gasteiger partial charge in [-0.1, -0.05) is 111 Å². The van der Waals surface area contributed by atoms with E-state index >= 15 is 0 Å². The summed E-state index contributed by atoms with van der Waals surface area (Å²) in [5.41, 5.74) is 0. The SMILES string of the molecule is CC(C)[C@@H]1NC(=O)[C@H](C)OC(=O)[C@@H](C(C)C)NC(=O)[C@@H](C(C)C)OC(=O)[C@H](C(C)C)NC(=O)[C@H](C)OC(=O)[C@@H](C(C)C)NC(=O)[C@@H](C(C)C)OC(=O)[C@H](C(C)C)NC(=O)[C@H](C)OC(=O)[C@@H](C(C)C)NC(=O)[C@@H](C)OC1=O. The van der Waals surface area contributed by atoms with Gasteiger partial charge in [-0.25, -0.2) is 28.8 Å². The Balaban J connectivity index is 3.79. The third kappa shape index (κ3) is 20.3. The fraction of sp³-hybridized carbons (Fsp3) is 0.769. The van der Waals surface area contributed by atoms with Crippen molar-refractivity contribution < 1.29 is 86.0 Å². The summed E-state index contributed by atoms with van der Waals surface area (Å²) in [7, 11) is 0. The highest BCUT2D eigenvalue weighted by atomic mass is 16.6. The van der Waals surface area contributed by atoms with E-state index in [0.717, 1.165) is 0 Å². The highest BCUT2D eigenvalue weighted by Gasteiger charge is 2.41. The Morgan fingerprint density at radius 3 is 0.526 bits per heavy atom. The average Bonchev–Trinajstić information content (AvgIpc) is 3.30. The van der Waals surface area contributed by atoms with E-state index < -0.39 is 191 Å². The van der Waals surface area contributed by atoms with Gasteiger partial charge in [-0.3, -0.25) is 28.8 Å². The van der Waals surface area contributed by atoms with E-state index in [9.17, 15) is 57.5 Å². The predicted octanol–water partition coefficient (Wildman–Crippen LogP) is 1.71. The molecule has 1 fully saturated rings. The van der Waals surface area contributed by atoms with Crippen LogP contribution in [0, 0.1) is 47.3 Å². The molecule has 24 nitrogen and oxygen atoms in total. The normalized spacial score (nSPS) is 29.2. The Labute approximate surface area is 446 Å². The number of amides is 6. The van der Waals surface area contributed by atoms with E-state index in [1.807, 2.05) is 0 Å². The first-order valence-corrected chi connectivity index (χ1v) is 26.0. The van der Waals surface area contributed by atoms with Crippen LogP contribution in [0.2, 0.25) is 0 Å². The number of esters is 6. The largest absolute Gasteiger partial charge is 0.451 e. The molecule has 24 heteroatoms. The highest BCUT2D eigenvalue weighted by Crippen LogP contribution is 2.18. The summed E-state index contributed by atoms with van der Waals surface area (Å²) >= 11 is 0. The van der Waals surface area contributed by atoms with Crippen molar-refractivity contribution in [2.75, 3.05) is 0 Å². The van der Waals surface area contributed by atoms with Crippen LogP contribution in [-0.4, -0.2) is 144 Å². The van der Waals surface area contributed by atoms with Gasteiger partial charge < -0.3 is 60.3 Å². The molecule has 0 unspecified atom stereocenters. The number of ether oxygens (including phenoxy) is 6. The molecule has 1 heterocycles. The van der Waals surface area contributed by atoms with Crippen molar-refractivity contribution in [3.05, 3.63) is 0 Å². The molecule has 1 saturated heterocycles. The number of carbonyl (C=O) groups is 12. The molecule has 0 saturated carbocycles. The van der Waals surface area contributed by atoms with Gasteiger partial charge in [0.1, 0.15) is 36.3 Å². The maximum absolute atomic E-state index is 13.8. The Bertz CT molecular complexity index is 2060. The van der Waals surface area contributed by atoms with Gasteiger partial charge in [-0.05, 0) is 75.0 Å². The molecule has 1 aliphatic heterocycles. The third-order valence-electron chi connectivity index (χ3n) is 12.2. The van der Waals surface area contributed by atoms with Crippen LogP contribution < -0.4 is 31.9 Å². The molecule has 0 aromatic heterocycles. The zero-order chi connectivity index (χ0) is 59.0. The molecule has 12 atom stereocenters. The maximum Gasteiger partial charge on any atom is 0.329 e. The molecular weight excluding hydrogens is 997 g/mol. The Hall–Kier alpha value is -6.36. The number of nitrogens with one attached hydrogen (secondary N) is 6. The second-order valence-electron chi connectivity index (χ2n) is 21.9. The third-order valence-corrected chi connectivity index (χ3v) is 12.2. The van der Waals surface area contributed by atoms with Gasteiger partial charge in [-0.2, -0.15) is 0 Å². The second-order valence-corrected chi connectivity index (χ2v) is 21.9. The fourth-order valence-corrected chi connectivity index (χ4v) is 7.13. The molecule has 0 aromatic carbocycles. The number of hydrogen-bond acceptors (Lipinski definition) is 18. The molecule has 76 heavy (non-hydrogen) atoms. The summed E-state index contributed by atoms with van der Waals surface area (Å²) in [6.45, 7) is 30.1. The van der Waals surface area contributed by atoms with E-state index in [-0.39, 0.29) is 0 Å². The van der Waals surface area contributed by atoms with Crippen molar-refractivity contribution in [3.8, 4) is 0 Å². The molecule has 432 valence electrons. The lowest BCUT2D eigenvalue weighted by Gasteiger charge is -2.30. The first kappa shape index (κ1) is 67.7. The smallest absolute Gasteiger partial charge is 0.329 e. The minimum Gasteiger partial charge on any atom is -0.451 e. The van der Waals surface area contributed by atoms with Crippen LogP contribution in [-0.2, 0) is 86.0 Å². The number of rotatable bonds is 8. The van der Waals surface area contributed by atoms with Gasteiger partial charge in [0.15, 0.2) is 36.6 Å². The first-order valence-electron chi connectivity index (χ1n) is 26.0. The average molecular weight is 1080 g/mol. The summed E-state index contributed by atoms with van der Waals surface area (Å²) in [5, 5.41) is 15.0. The standard InChI is InChI=1S/C52H86N6O18/c1-21(2)33-47(65)71-29(17)41(59)53-34(22(3)4)48(66)72-31(19)43(61)55-37(25(9)10)51(69)75-40(28(15)16)46(64)58-36(24(7)8)50(68)74-32(20)44(62)56-38(26(11)12)52(70)76-39(27(13)14)45(63)57-35(23(5)6)49(67)73-30(18)42(60)54-33/h21-40H,1-20H3,(H,53,59)(H,54,60)(H,55,61)(H,56,62)(H,57,63)(H,58,64)/t29-,30+,31+,32+,33+,34-,35-,36-,37+,38+,39-,40-/m1/s1. The number of carbonyl (C=O) groups excluding carboxylic acids is 12. The molecular formula is C52H86N6O18. The van der Waals surface area contributed by atoms with Crippen molar-refractivity contribution in [2.24, 2.45) is 47.3 Å². The lowest BCUT2D eigenvalue weighted by atomic mass is 10.0. The molecule has 0 bridgehead atoms. The van der Waals surface area contributed by atoms with Crippen molar-refractivity contribution in [2.45, 2.75) is 211 Å². The van der Waals surface area contributed by atoms with Gasteiger partial charge in [-0.15, -0.1) is 0 Å². The van der Waals surface area contributed by atoms with E-state index in [1.54, 1.807) is 111 Å². The van der Waals surface area contributed by atoms with Crippen LogP contribution in [0.5, 0.6) is 0 Å². The minimum atomic E-state index is -1.55. The summed E-state index contributed by atoms with van der Waals surface area (Å²) < 4.78 is 33.1. The lowest BCUT2D eigenvalue weighted by Crippen LogP contribution is -2.56. The topological polar surface area (TPSA) is 332 Å². The molecule has 0 aromatic rings. The van der Waals surface area contributed by atoms with Crippen molar-refractivity contribution >= 4 is 71.3 Å². The Morgan fingerprint density at radius 2 is 0.382 bits per heavy atom. The first-order chi connectivity index (χ1) is 34.9. The Morgan fingerprint density at radius 1 is 0.237 bits per heavy atom. The highest BCUT2D eigenvalue weighted by molar-refractivity contribution is 5.95. The zero-order valence-electron chi connectivity index (χ0n) is 47.9. The zero-order valence-corrected chi connectivity index (χ0v) is 47.9. The van der Waals surface area contributed by atoms with Crippen molar-refractivity contribution in [1.82, 2.24) is 31.9 Å². The molecule has 6 N–H and O–H groups in total. The van der Waals surface area contributed by atoms with Crippen molar-refractivity contribution in [3.63, 3.8) is 0 Å². The molecule has 6 amide bonds. The minimum absolute atomic E-state index is 0.639. The fourth-order valence-electron chi connectivity index (χ4n) is 7.13. The molecule has 1 aliphatic rings. The monoisotopic (exact) mass is 1080 g/mol. The van der Waals surface area contributed by atoms with Gasteiger partial charge in [0.05, 0.1) is 0 Å². The van der Waals surface area contributed by atoms with Crippen LogP contribution in [0.25, 0.3) is 0 Å². The number of hydrogen-bond donors (Lipinski definition) is 6. The van der Waals surface area contributed by atoms with Crippen LogP contribution in [0.4, 0.5) is 0 Å². The van der Waals surface area contributed by atoms with Crippen molar-refractivity contribution in [1.29, 1.82) is 0 Å². The number of cyclic esters (lactones) is 6. The summed E-state index contributed by atoms with van der Waals surface area (Å²) in [5.74, 6) is -17.1. The van der Waals surface area contributed by atoms with Gasteiger partial charge in [0, 0.05) is 0 Å². The molecule has 0 radical (unpaired) electrons. The van der Waals surface area contributed by atoms with E-state index in [4.69, 9.17) is 28.4 Å². The van der Waals surface area contributed by atoms with Gasteiger partial charge >= 0.3 is 35.8 Å². The van der Waals surface area contributed by atoms with E-state index in [0.29, 0.717) is 0 Å². The van der Waals surface area contributed by atoms with E-state index in [1.165, 1.54) is 27.7 Å². The maximum atomic E-state index is 13.8. The lowest BCUT2D eigenvalue weighted by molar-refractivity contribution is -0.167. The summed E-state index contributed by atoms with van der Waals surface area (Å²) in [4.78, 5) is 163. The quantitative estimate of drug-likeness (QED) is 0.149. The summed E-state index contributed by atoms with van der Waals surface area (Å²) in [6, 6.07) is -8.35. The molecule has 0 aliphatic carbocycles. The second kappa shape index (κ2) is 30.4. The van der Waals surface area contributed by atoms with Crippen LogP contribution in [0.15, 0.2) is 0 Å². The van der Waals surface area contributed by atoms with Crippen LogP contribution in [0.1, 0.15) is 138 Å². The summed E-state index contributed by atoms with van der Waals surface area (Å²) in [6.07, 6.45) is -9.25. The van der Waals surface area contributed by atoms with Crippen LogP contribution in [0.3, 0.4) is 0 Å².